The van der Waals surface area contributed by atoms with Crippen LogP contribution in [0.15, 0.2) is 0 Å². The molecule has 1 N–H and O–H groups in total. The fourth-order valence-electron chi connectivity index (χ4n) is 2.68. The normalized spacial score (nSPS) is 38.1. The Balaban J connectivity index is 2.01. The standard InChI is InChI=1S/C11H19NO2S/c1-8-6-9(7-15-8)12-5-3-2-4-10(12)11(13)14/h8-10H,2-7H2,1H3,(H,13,14). The minimum Gasteiger partial charge on any atom is -0.480 e. The van der Waals surface area contributed by atoms with Gasteiger partial charge in [-0.05, 0) is 25.8 Å². The zero-order valence-electron chi connectivity index (χ0n) is 9.19. The molecule has 4 heteroatoms. The van der Waals surface area contributed by atoms with Crippen LogP contribution in [0, 0.1) is 0 Å². The number of aliphatic carboxylic acids is 1. The van der Waals surface area contributed by atoms with Gasteiger partial charge < -0.3 is 5.11 Å². The molecule has 0 spiro atoms. The van der Waals surface area contributed by atoms with E-state index in [9.17, 15) is 9.90 Å². The molecule has 2 saturated heterocycles. The number of carbonyl (C=O) groups is 1. The molecule has 3 unspecified atom stereocenters. The van der Waals surface area contributed by atoms with Gasteiger partial charge in [-0.2, -0.15) is 11.8 Å². The third-order valence-corrected chi connectivity index (χ3v) is 4.81. The molecule has 2 fully saturated rings. The number of nitrogens with zero attached hydrogens (tertiary/aromatic N) is 1. The SMILES string of the molecule is CC1CC(N2CCCCC2C(=O)O)CS1. The summed E-state index contributed by atoms with van der Waals surface area (Å²) in [4.78, 5) is 13.4. The third kappa shape index (κ3) is 2.48. The second-order valence-corrected chi connectivity index (χ2v) is 6.09. The first-order valence-electron chi connectivity index (χ1n) is 5.78. The smallest absolute Gasteiger partial charge is 0.320 e. The Bertz CT molecular complexity index is 247. The first-order chi connectivity index (χ1) is 7.18. The van der Waals surface area contributed by atoms with Crippen molar-refractivity contribution in [1.29, 1.82) is 0 Å². The maximum Gasteiger partial charge on any atom is 0.320 e. The Kier molecular flexibility index (Phi) is 3.57. The number of hydrogen-bond acceptors (Lipinski definition) is 3. The van der Waals surface area contributed by atoms with E-state index in [1.165, 1.54) is 6.42 Å². The molecule has 15 heavy (non-hydrogen) atoms. The third-order valence-electron chi connectivity index (χ3n) is 3.48. The topological polar surface area (TPSA) is 40.5 Å². The van der Waals surface area contributed by atoms with Crippen LogP contribution < -0.4 is 0 Å². The number of rotatable bonds is 2. The molecule has 0 amide bonds. The number of carboxylic acid groups (broad SMARTS) is 1. The summed E-state index contributed by atoms with van der Waals surface area (Å²) in [6, 6.07) is 0.293. The molecule has 2 heterocycles. The van der Waals surface area contributed by atoms with Gasteiger partial charge in [0.05, 0.1) is 0 Å². The Morgan fingerprint density at radius 1 is 1.47 bits per heavy atom. The van der Waals surface area contributed by atoms with E-state index in [2.05, 4.69) is 11.8 Å². The van der Waals surface area contributed by atoms with E-state index < -0.39 is 5.97 Å². The highest BCUT2D eigenvalue weighted by molar-refractivity contribution is 8.00. The van der Waals surface area contributed by atoms with Crippen molar-refractivity contribution in [3.63, 3.8) is 0 Å². The van der Waals surface area contributed by atoms with Crippen LogP contribution in [0.4, 0.5) is 0 Å². The molecule has 0 aromatic rings. The van der Waals surface area contributed by atoms with Crippen LogP contribution in [-0.2, 0) is 4.79 Å². The summed E-state index contributed by atoms with van der Waals surface area (Å²) in [6.07, 6.45) is 4.24. The van der Waals surface area contributed by atoms with Crippen LogP contribution in [0.2, 0.25) is 0 Å². The van der Waals surface area contributed by atoms with Crippen LogP contribution in [0.5, 0.6) is 0 Å². The van der Waals surface area contributed by atoms with E-state index in [1.807, 2.05) is 11.8 Å². The average molecular weight is 229 g/mol. The molecule has 0 aromatic heterocycles. The van der Waals surface area contributed by atoms with Crippen molar-refractivity contribution in [2.45, 2.75) is 49.9 Å². The van der Waals surface area contributed by atoms with Gasteiger partial charge in [0.1, 0.15) is 6.04 Å². The van der Waals surface area contributed by atoms with Gasteiger partial charge >= 0.3 is 5.97 Å². The molecule has 0 aromatic carbocycles. The Morgan fingerprint density at radius 3 is 2.87 bits per heavy atom. The molecular weight excluding hydrogens is 210 g/mol. The lowest BCUT2D eigenvalue weighted by Gasteiger charge is -2.37. The summed E-state index contributed by atoms with van der Waals surface area (Å²) >= 11 is 1.98. The molecular formula is C11H19NO2S. The first kappa shape index (κ1) is 11.3. The lowest BCUT2D eigenvalue weighted by Crippen LogP contribution is -2.50. The lowest BCUT2D eigenvalue weighted by molar-refractivity contribution is -0.145. The minimum absolute atomic E-state index is 0.213. The van der Waals surface area contributed by atoms with Gasteiger partial charge in [-0.15, -0.1) is 0 Å². The summed E-state index contributed by atoms with van der Waals surface area (Å²) < 4.78 is 0. The van der Waals surface area contributed by atoms with Crippen molar-refractivity contribution in [2.24, 2.45) is 0 Å². The molecule has 2 aliphatic rings. The predicted octanol–water partition coefficient (Wildman–Crippen LogP) is 1.82. The van der Waals surface area contributed by atoms with Gasteiger partial charge in [0.15, 0.2) is 0 Å². The first-order valence-corrected chi connectivity index (χ1v) is 6.83. The minimum atomic E-state index is -0.626. The molecule has 0 bridgehead atoms. The van der Waals surface area contributed by atoms with Gasteiger partial charge in [-0.25, -0.2) is 0 Å². The van der Waals surface area contributed by atoms with Crippen LogP contribution in [0.1, 0.15) is 32.6 Å². The van der Waals surface area contributed by atoms with Gasteiger partial charge in [-0.3, -0.25) is 9.69 Å². The largest absolute Gasteiger partial charge is 0.480 e. The van der Waals surface area contributed by atoms with E-state index in [0.717, 1.165) is 31.6 Å². The van der Waals surface area contributed by atoms with Crippen molar-refractivity contribution >= 4 is 17.7 Å². The van der Waals surface area contributed by atoms with E-state index in [0.29, 0.717) is 11.3 Å². The van der Waals surface area contributed by atoms with Crippen molar-refractivity contribution in [3.8, 4) is 0 Å². The Hall–Kier alpha value is -0.220. The fraction of sp³-hybridized carbons (Fsp3) is 0.909. The summed E-state index contributed by atoms with van der Waals surface area (Å²) in [5.74, 6) is 0.490. The number of thioether (sulfide) groups is 1. The maximum atomic E-state index is 11.2. The molecule has 2 aliphatic heterocycles. The van der Waals surface area contributed by atoms with E-state index in [1.54, 1.807) is 0 Å². The van der Waals surface area contributed by atoms with Gasteiger partial charge in [-0.1, -0.05) is 13.3 Å². The van der Waals surface area contributed by atoms with Crippen molar-refractivity contribution < 1.29 is 9.90 Å². The molecule has 0 radical (unpaired) electrons. The Labute approximate surface area is 95.2 Å². The second kappa shape index (κ2) is 4.74. The molecule has 0 saturated carbocycles. The number of likely N-dealkylation sites (tertiary alicyclic amines) is 1. The lowest BCUT2D eigenvalue weighted by atomic mass is 9.99. The van der Waals surface area contributed by atoms with Crippen molar-refractivity contribution in [1.82, 2.24) is 4.90 Å². The average Bonchev–Trinajstić information content (AvgIpc) is 2.65. The zero-order chi connectivity index (χ0) is 10.8. The molecule has 3 atom stereocenters. The summed E-state index contributed by atoms with van der Waals surface area (Å²) in [6.45, 7) is 3.22. The number of carboxylic acids is 1. The molecule has 2 rings (SSSR count). The highest BCUT2D eigenvalue weighted by Crippen LogP contribution is 2.32. The Morgan fingerprint density at radius 2 is 2.27 bits per heavy atom. The number of hydrogen-bond donors (Lipinski definition) is 1. The predicted molar refractivity (Wildman–Crippen MR) is 62.3 cm³/mol. The van der Waals surface area contributed by atoms with E-state index >= 15 is 0 Å². The van der Waals surface area contributed by atoms with Crippen LogP contribution >= 0.6 is 11.8 Å². The van der Waals surface area contributed by atoms with Crippen LogP contribution in [0.3, 0.4) is 0 Å². The zero-order valence-corrected chi connectivity index (χ0v) is 10.0. The summed E-state index contributed by atoms with van der Waals surface area (Å²) in [5.41, 5.74) is 0. The van der Waals surface area contributed by atoms with Gasteiger partial charge in [0.2, 0.25) is 0 Å². The molecule has 0 aliphatic carbocycles. The van der Waals surface area contributed by atoms with Crippen molar-refractivity contribution in [2.75, 3.05) is 12.3 Å². The summed E-state index contributed by atoms with van der Waals surface area (Å²) in [5, 5.41) is 9.89. The fourth-order valence-corrected chi connectivity index (χ4v) is 3.92. The summed E-state index contributed by atoms with van der Waals surface area (Å²) in [7, 11) is 0. The number of piperidine rings is 1. The highest BCUT2D eigenvalue weighted by Gasteiger charge is 2.36. The monoisotopic (exact) mass is 229 g/mol. The highest BCUT2D eigenvalue weighted by atomic mass is 32.2. The van der Waals surface area contributed by atoms with E-state index in [4.69, 9.17) is 0 Å². The van der Waals surface area contributed by atoms with E-state index in [-0.39, 0.29) is 6.04 Å². The van der Waals surface area contributed by atoms with Gasteiger partial charge in [0, 0.05) is 17.0 Å². The maximum absolute atomic E-state index is 11.2. The van der Waals surface area contributed by atoms with Crippen LogP contribution in [0.25, 0.3) is 0 Å². The van der Waals surface area contributed by atoms with Gasteiger partial charge in [0.25, 0.3) is 0 Å². The quantitative estimate of drug-likeness (QED) is 0.784. The molecule has 3 nitrogen and oxygen atoms in total. The second-order valence-electron chi connectivity index (χ2n) is 4.62. The van der Waals surface area contributed by atoms with Crippen molar-refractivity contribution in [3.05, 3.63) is 0 Å². The molecule has 86 valence electrons. The van der Waals surface area contributed by atoms with Crippen LogP contribution in [-0.4, -0.2) is 45.6 Å².